The molecule has 2 rings (SSSR count). The number of carbonyl (C=O) groups excluding carboxylic acids is 2. The highest BCUT2D eigenvalue weighted by molar-refractivity contribution is 7.99. The van der Waals surface area contributed by atoms with Crippen molar-refractivity contribution in [3.8, 4) is 0 Å². The zero-order valence-electron chi connectivity index (χ0n) is 18.6. The number of rotatable bonds is 12. The van der Waals surface area contributed by atoms with Crippen LogP contribution in [-0.2, 0) is 21.8 Å². The number of nitrogens with zero attached hydrogens (tertiary/aromatic N) is 1. The van der Waals surface area contributed by atoms with Gasteiger partial charge in [0.05, 0.1) is 5.75 Å². The van der Waals surface area contributed by atoms with Gasteiger partial charge in [-0.3, -0.25) is 9.59 Å². The smallest absolute Gasteiger partial charge is 0.243 e. The van der Waals surface area contributed by atoms with Gasteiger partial charge in [-0.2, -0.15) is 0 Å². The molecule has 0 heterocycles. The summed E-state index contributed by atoms with van der Waals surface area (Å²) in [6, 6.07) is 17.4. The highest BCUT2D eigenvalue weighted by Gasteiger charge is 2.28. The second-order valence-electron chi connectivity index (χ2n) is 7.65. The Labute approximate surface area is 195 Å². The van der Waals surface area contributed by atoms with E-state index in [1.165, 1.54) is 11.8 Å². The fraction of sp³-hybridized carbons (Fsp3) is 0.440. The first-order chi connectivity index (χ1) is 15.0. The number of hydrogen-bond donors (Lipinski definition) is 1. The second-order valence-corrected chi connectivity index (χ2v) is 9.04. The number of nitrogens with one attached hydrogen (secondary N) is 1. The first-order valence-electron chi connectivity index (χ1n) is 10.9. The van der Waals surface area contributed by atoms with Crippen molar-refractivity contribution in [3.63, 3.8) is 0 Å². The van der Waals surface area contributed by atoms with E-state index in [1.807, 2.05) is 63.2 Å². The van der Waals surface area contributed by atoms with E-state index in [0.29, 0.717) is 29.5 Å². The predicted molar refractivity (Wildman–Crippen MR) is 131 cm³/mol. The van der Waals surface area contributed by atoms with Crippen molar-refractivity contribution in [2.75, 3.05) is 12.3 Å². The molecule has 0 aromatic heterocycles. The third-order valence-corrected chi connectivity index (χ3v) is 6.65. The normalized spacial score (nSPS) is 12.8. The van der Waals surface area contributed by atoms with E-state index in [0.717, 1.165) is 24.0 Å². The van der Waals surface area contributed by atoms with E-state index in [1.54, 1.807) is 4.90 Å². The number of carbonyl (C=O) groups is 2. The Hall–Kier alpha value is -1.98. The predicted octanol–water partition coefficient (Wildman–Crippen LogP) is 5.34. The third-order valence-electron chi connectivity index (χ3n) is 5.31. The SMILES string of the molecule is CC[C@H](C)NC(=O)[C@H](CC)N(CCc1ccccc1)C(=O)CSCc1ccccc1Cl. The van der Waals surface area contributed by atoms with E-state index in [2.05, 4.69) is 17.4 Å². The largest absolute Gasteiger partial charge is 0.352 e. The average Bonchev–Trinajstić information content (AvgIpc) is 2.78. The topological polar surface area (TPSA) is 49.4 Å². The lowest BCUT2D eigenvalue weighted by Gasteiger charge is -2.31. The molecule has 2 atom stereocenters. The van der Waals surface area contributed by atoms with Gasteiger partial charge in [0.25, 0.3) is 0 Å². The van der Waals surface area contributed by atoms with Gasteiger partial charge in [0, 0.05) is 23.4 Å². The molecule has 2 aromatic rings. The molecule has 0 saturated heterocycles. The Kier molecular flexibility index (Phi) is 11.0. The molecule has 0 aliphatic carbocycles. The maximum Gasteiger partial charge on any atom is 0.243 e. The van der Waals surface area contributed by atoms with Crippen LogP contribution in [0.2, 0.25) is 5.02 Å². The van der Waals surface area contributed by atoms with Gasteiger partial charge in [0.1, 0.15) is 6.04 Å². The summed E-state index contributed by atoms with van der Waals surface area (Å²) in [4.78, 5) is 27.9. The Morgan fingerprint density at radius 1 is 1.03 bits per heavy atom. The van der Waals surface area contributed by atoms with Crippen molar-refractivity contribution in [1.82, 2.24) is 10.2 Å². The molecule has 0 aliphatic heterocycles. The zero-order valence-corrected chi connectivity index (χ0v) is 20.2. The maximum atomic E-state index is 13.2. The summed E-state index contributed by atoms with van der Waals surface area (Å²) in [5.41, 5.74) is 2.17. The molecule has 0 bridgehead atoms. The van der Waals surface area contributed by atoms with Gasteiger partial charge >= 0.3 is 0 Å². The summed E-state index contributed by atoms with van der Waals surface area (Å²) in [5, 5.41) is 3.76. The fourth-order valence-electron chi connectivity index (χ4n) is 3.28. The van der Waals surface area contributed by atoms with Crippen LogP contribution in [0.1, 0.15) is 44.7 Å². The number of benzene rings is 2. The summed E-state index contributed by atoms with van der Waals surface area (Å²) in [6.45, 7) is 6.50. The van der Waals surface area contributed by atoms with E-state index >= 15 is 0 Å². The second kappa shape index (κ2) is 13.4. The Morgan fingerprint density at radius 2 is 1.71 bits per heavy atom. The molecule has 2 amide bonds. The van der Waals surface area contributed by atoms with Crippen molar-refractivity contribution >= 4 is 35.2 Å². The van der Waals surface area contributed by atoms with Gasteiger partial charge in [-0.05, 0) is 43.4 Å². The van der Waals surface area contributed by atoms with Crippen LogP contribution in [0.5, 0.6) is 0 Å². The van der Waals surface area contributed by atoms with Crippen LogP contribution in [0, 0.1) is 0 Å². The number of halogens is 1. The van der Waals surface area contributed by atoms with Crippen LogP contribution in [0.25, 0.3) is 0 Å². The first-order valence-corrected chi connectivity index (χ1v) is 12.4. The first kappa shape index (κ1) is 25.3. The molecule has 4 nitrogen and oxygen atoms in total. The standard InChI is InChI=1S/C25H33ClN2O2S/c1-4-19(3)27-25(30)23(5-2)28(16-15-20-11-7-6-8-12-20)24(29)18-31-17-21-13-9-10-14-22(21)26/h6-14,19,23H,4-5,15-18H2,1-3H3,(H,27,30)/t19-,23-/m0/s1. The molecule has 0 radical (unpaired) electrons. The third kappa shape index (κ3) is 8.23. The summed E-state index contributed by atoms with van der Waals surface area (Å²) in [5.74, 6) is 0.884. The van der Waals surface area contributed by atoms with Crippen LogP contribution in [0.15, 0.2) is 54.6 Å². The van der Waals surface area contributed by atoms with Crippen molar-refractivity contribution in [2.24, 2.45) is 0 Å². The number of hydrogen-bond acceptors (Lipinski definition) is 3. The lowest BCUT2D eigenvalue weighted by atomic mass is 10.1. The van der Waals surface area contributed by atoms with Crippen molar-refractivity contribution in [1.29, 1.82) is 0 Å². The summed E-state index contributed by atoms with van der Waals surface area (Å²) >= 11 is 7.76. The Morgan fingerprint density at radius 3 is 2.35 bits per heavy atom. The minimum atomic E-state index is -0.467. The molecule has 0 aliphatic rings. The molecule has 31 heavy (non-hydrogen) atoms. The quantitative estimate of drug-likeness (QED) is 0.465. The summed E-state index contributed by atoms with van der Waals surface area (Å²) in [7, 11) is 0. The summed E-state index contributed by atoms with van der Waals surface area (Å²) in [6.07, 6.45) is 2.15. The van der Waals surface area contributed by atoms with Crippen molar-refractivity contribution < 1.29 is 9.59 Å². The Bertz CT molecular complexity index is 831. The molecular weight excluding hydrogens is 428 g/mol. The molecule has 0 spiro atoms. The lowest BCUT2D eigenvalue weighted by Crippen LogP contribution is -2.52. The molecule has 1 N–H and O–H groups in total. The molecule has 0 saturated carbocycles. The fourth-order valence-corrected chi connectivity index (χ4v) is 4.48. The van der Waals surface area contributed by atoms with Crippen molar-refractivity contribution in [2.45, 2.75) is 57.9 Å². The van der Waals surface area contributed by atoms with E-state index in [4.69, 9.17) is 11.6 Å². The molecule has 2 aromatic carbocycles. The van der Waals surface area contributed by atoms with E-state index in [9.17, 15) is 9.59 Å². The van der Waals surface area contributed by atoms with Crippen molar-refractivity contribution in [3.05, 3.63) is 70.7 Å². The van der Waals surface area contributed by atoms with Gasteiger partial charge < -0.3 is 10.2 Å². The molecule has 0 fully saturated rings. The molecular formula is C25H33ClN2O2S. The minimum Gasteiger partial charge on any atom is -0.352 e. The van der Waals surface area contributed by atoms with Gasteiger partial charge in [-0.1, -0.05) is 74.0 Å². The monoisotopic (exact) mass is 460 g/mol. The minimum absolute atomic E-state index is 0.0147. The number of thioether (sulfide) groups is 1. The van der Waals surface area contributed by atoms with E-state index < -0.39 is 6.04 Å². The maximum absolute atomic E-state index is 13.2. The van der Waals surface area contributed by atoms with Gasteiger partial charge in [0.15, 0.2) is 0 Å². The van der Waals surface area contributed by atoms with Crippen LogP contribution >= 0.6 is 23.4 Å². The van der Waals surface area contributed by atoms with Crippen LogP contribution < -0.4 is 5.32 Å². The number of amides is 2. The van der Waals surface area contributed by atoms with Gasteiger partial charge in [-0.15, -0.1) is 11.8 Å². The van der Waals surface area contributed by atoms with Crippen LogP contribution in [0.4, 0.5) is 0 Å². The van der Waals surface area contributed by atoms with Crippen LogP contribution in [0.3, 0.4) is 0 Å². The van der Waals surface area contributed by atoms with Crippen LogP contribution in [-0.4, -0.2) is 41.1 Å². The molecule has 0 unspecified atom stereocenters. The molecule has 168 valence electrons. The summed E-state index contributed by atoms with van der Waals surface area (Å²) < 4.78 is 0. The Balaban J connectivity index is 2.07. The molecule has 6 heteroatoms. The van der Waals surface area contributed by atoms with Gasteiger partial charge in [0.2, 0.25) is 11.8 Å². The lowest BCUT2D eigenvalue weighted by molar-refractivity contribution is -0.139. The zero-order chi connectivity index (χ0) is 22.6. The highest BCUT2D eigenvalue weighted by Crippen LogP contribution is 2.21. The average molecular weight is 461 g/mol. The van der Waals surface area contributed by atoms with E-state index in [-0.39, 0.29) is 17.9 Å². The van der Waals surface area contributed by atoms with Gasteiger partial charge in [-0.25, -0.2) is 0 Å². The highest BCUT2D eigenvalue weighted by atomic mass is 35.5.